The van der Waals surface area contributed by atoms with E-state index in [4.69, 9.17) is 0 Å². The molecule has 0 spiro atoms. The molecule has 0 atom stereocenters. The standard InChI is InChI=1S/C9H9F3O4S/c1-7-2-4-8(5-3-7)16-17(13,14)15-6-9(10,11)12/h2-5H,6H2,1H3. The molecule has 1 aromatic rings. The van der Waals surface area contributed by atoms with Gasteiger partial charge in [0.2, 0.25) is 0 Å². The molecule has 0 fully saturated rings. The average Bonchev–Trinajstić information content (AvgIpc) is 2.18. The van der Waals surface area contributed by atoms with Gasteiger partial charge in [0.25, 0.3) is 0 Å². The fourth-order valence-corrected chi connectivity index (χ4v) is 1.55. The molecule has 0 aliphatic rings. The van der Waals surface area contributed by atoms with Crippen LogP contribution in [0.25, 0.3) is 0 Å². The lowest BCUT2D eigenvalue weighted by Gasteiger charge is -2.08. The van der Waals surface area contributed by atoms with Crippen LogP contribution in [0.4, 0.5) is 13.2 Å². The highest BCUT2D eigenvalue weighted by Crippen LogP contribution is 2.18. The molecule has 17 heavy (non-hydrogen) atoms. The van der Waals surface area contributed by atoms with Crippen LogP contribution in [-0.2, 0) is 14.6 Å². The molecule has 0 saturated heterocycles. The Morgan fingerprint density at radius 1 is 1.18 bits per heavy atom. The van der Waals surface area contributed by atoms with Crippen molar-refractivity contribution in [1.82, 2.24) is 0 Å². The second-order valence-electron chi connectivity index (χ2n) is 3.18. The highest BCUT2D eigenvalue weighted by molar-refractivity contribution is 7.82. The summed E-state index contributed by atoms with van der Waals surface area (Å²) in [5, 5.41) is 0. The minimum absolute atomic E-state index is 0.113. The van der Waals surface area contributed by atoms with Crippen molar-refractivity contribution in [2.45, 2.75) is 13.1 Å². The summed E-state index contributed by atoms with van der Waals surface area (Å²) in [4.78, 5) is 0. The highest BCUT2D eigenvalue weighted by Gasteiger charge is 2.31. The first-order chi connectivity index (χ1) is 7.68. The molecule has 0 heterocycles. The fourth-order valence-electron chi connectivity index (χ4n) is 0.875. The molecular weight excluding hydrogens is 261 g/mol. The number of halogens is 3. The molecule has 0 aliphatic heterocycles. The third-order valence-electron chi connectivity index (χ3n) is 1.59. The van der Waals surface area contributed by atoms with Crippen LogP contribution in [0, 0.1) is 6.92 Å². The van der Waals surface area contributed by atoms with Gasteiger partial charge in [0.1, 0.15) is 5.75 Å². The van der Waals surface area contributed by atoms with E-state index in [2.05, 4.69) is 8.37 Å². The monoisotopic (exact) mass is 270 g/mol. The van der Waals surface area contributed by atoms with Gasteiger partial charge >= 0.3 is 16.6 Å². The van der Waals surface area contributed by atoms with E-state index in [9.17, 15) is 21.6 Å². The topological polar surface area (TPSA) is 52.6 Å². The Labute approximate surface area is 96.3 Å². The molecular formula is C9H9F3O4S. The summed E-state index contributed by atoms with van der Waals surface area (Å²) in [5.41, 5.74) is 0.853. The number of alkyl halides is 3. The maximum atomic E-state index is 11.7. The summed E-state index contributed by atoms with van der Waals surface area (Å²) in [7, 11) is -4.70. The second-order valence-corrected chi connectivity index (χ2v) is 4.40. The van der Waals surface area contributed by atoms with E-state index in [0.717, 1.165) is 5.56 Å². The Bertz CT molecular complexity index is 464. The molecule has 0 radical (unpaired) electrons. The van der Waals surface area contributed by atoms with Crippen molar-refractivity contribution in [3.05, 3.63) is 29.8 Å². The van der Waals surface area contributed by atoms with Crippen molar-refractivity contribution in [2.75, 3.05) is 6.61 Å². The Balaban J connectivity index is 2.64. The van der Waals surface area contributed by atoms with Gasteiger partial charge < -0.3 is 4.18 Å². The molecule has 1 rings (SSSR count). The number of aryl methyl sites for hydroxylation is 1. The summed E-state index contributed by atoms with van der Waals surface area (Å²) in [6.07, 6.45) is -4.73. The van der Waals surface area contributed by atoms with Crippen molar-refractivity contribution in [2.24, 2.45) is 0 Å². The number of hydrogen-bond acceptors (Lipinski definition) is 4. The SMILES string of the molecule is Cc1ccc(OS(=O)(=O)OCC(F)(F)F)cc1. The van der Waals surface area contributed by atoms with Gasteiger partial charge in [0.05, 0.1) is 0 Å². The zero-order valence-corrected chi connectivity index (χ0v) is 9.51. The zero-order valence-electron chi connectivity index (χ0n) is 8.69. The van der Waals surface area contributed by atoms with E-state index in [1.54, 1.807) is 19.1 Å². The first-order valence-corrected chi connectivity index (χ1v) is 5.73. The summed E-state index contributed by atoms with van der Waals surface area (Å²) >= 11 is 0. The second kappa shape index (κ2) is 4.92. The van der Waals surface area contributed by atoms with Crippen LogP contribution in [0.15, 0.2) is 24.3 Å². The largest absolute Gasteiger partial charge is 0.449 e. The summed E-state index contributed by atoms with van der Waals surface area (Å²) in [6.45, 7) is -0.153. The van der Waals surface area contributed by atoms with Crippen molar-refractivity contribution < 1.29 is 30.0 Å². The molecule has 0 aliphatic carbocycles. The molecule has 0 bridgehead atoms. The van der Waals surface area contributed by atoms with E-state index < -0.39 is 23.2 Å². The first kappa shape index (κ1) is 13.8. The predicted molar refractivity (Wildman–Crippen MR) is 52.7 cm³/mol. The molecule has 1 aromatic carbocycles. The Morgan fingerprint density at radius 2 is 1.71 bits per heavy atom. The van der Waals surface area contributed by atoms with Crippen LogP contribution < -0.4 is 4.18 Å². The molecule has 8 heteroatoms. The lowest BCUT2D eigenvalue weighted by atomic mass is 10.2. The predicted octanol–water partition coefficient (Wildman–Crippen LogP) is 2.20. The van der Waals surface area contributed by atoms with E-state index in [1.165, 1.54) is 12.1 Å². The molecule has 0 amide bonds. The van der Waals surface area contributed by atoms with E-state index in [1.807, 2.05) is 0 Å². The Kier molecular flexibility index (Phi) is 3.99. The number of rotatable bonds is 4. The number of benzene rings is 1. The van der Waals surface area contributed by atoms with Gasteiger partial charge in [-0.2, -0.15) is 21.6 Å². The van der Waals surface area contributed by atoms with Crippen molar-refractivity contribution >= 4 is 10.4 Å². The van der Waals surface area contributed by atoms with E-state index in [-0.39, 0.29) is 5.75 Å². The van der Waals surface area contributed by atoms with E-state index >= 15 is 0 Å². The minimum atomic E-state index is -4.73. The van der Waals surface area contributed by atoms with Gasteiger partial charge in [-0.1, -0.05) is 17.7 Å². The average molecular weight is 270 g/mol. The number of hydrogen-bond donors (Lipinski definition) is 0. The quantitative estimate of drug-likeness (QED) is 0.841. The maximum Gasteiger partial charge on any atom is 0.449 e. The van der Waals surface area contributed by atoms with Gasteiger partial charge in [-0.05, 0) is 19.1 Å². The molecule has 0 saturated carbocycles. The summed E-state index contributed by atoms with van der Waals surface area (Å²) < 4.78 is 65.1. The van der Waals surface area contributed by atoms with Crippen molar-refractivity contribution in [3.8, 4) is 5.75 Å². The van der Waals surface area contributed by atoms with Crippen LogP contribution >= 0.6 is 0 Å². The van der Waals surface area contributed by atoms with Gasteiger partial charge in [-0.3, -0.25) is 0 Å². The zero-order chi connectivity index (χ0) is 13.1. The first-order valence-electron chi connectivity index (χ1n) is 4.40. The lowest BCUT2D eigenvalue weighted by molar-refractivity contribution is -0.153. The fraction of sp³-hybridized carbons (Fsp3) is 0.333. The van der Waals surface area contributed by atoms with Gasteiger partial charge in [0, 0.05) is 0 Å². The minimum Gasteiger partial charge on any atom is -0.362 e. The third kappa shape index (κ3) is 5.55. The van der Waals surface area contributed by atoms with Crippen LogP contribution in [0.5, 0.6) is 5.75 Å². The Morgan fingerprint density at radius 3 is 2.18 bits per heavy atom. The molecule has 4 nitrogen and oxygen atoms in total. The molecule has 96 valence electrons. The van der Waals surface area contributed by atoms with Crippen LogP contribution in [0.2, 0.25) is 0 Å². The highest BCUT2D eigenvalue weighted by atomic mass is 32.3. The van der Waals surface area contributed by atoms with Crippen molar-refractivity contribution in [1.29, 1.82) is 0 Å². The van der Waals surface area contributed by atoms with Crippen LogP contribution in [-0.4, -0.2) is 21.2 Å². The van der Waals surface area contributed by atoms with Gasteiger partial charge in [0.15, 0.2) is 6.61 Å². The smallest absolute Gasteiger partial charge is 0.362 e. The van der Waals surface area contributed by atoms with Gasteiger partial charge in [-0.15, -0.1) is 0 Å². The molecule has 0 N–H and O–H groups in total. The normalized spacial score (nSPS) is 12.5. The summed E-state index contributed by atoms with van der Waals surface area (Å²) in [5.74, 6) is -0.113. The third-order valence-corrected chi connectivity index (χ3v) is 2.39. The van der Waals surface area contributed by atoms with E-state index in [0.29, 0.717) is 0 Å². The Hall–Kier alpha value is -1.28. The maximum absolute atomic E-state index is 11.7. The molecule has 0 unspecified atom stereocenters. The van der Waals surface area contributed by atoms with Crippen molar-refractivity contribution in [3.63, 3.8) is 0 Å². The van der Waals surface area contributed by atoms with Crippen LogP contribution in [0.1, 0.15) is 5.56 Å². The summed E-state index contributed by atoms with van der Waals surface area (Å²) in [6, 6.07) is 5.72. The van der Waals surface area contributed by atoms with Gasteiger partial charge in [-0.25, -0.2) is 4.18 Å². The lowest BCUT2D eigenvalue weighted by Crippen LogP contribution is -2.23. The van der Waals surface area contributed by atoms with Crippen LogP contribution in [0.3, 0.4) is 0 Å². The molecule has 0 aromatic heterocycles.